The molecule has 0 fully saturated rings. The molecule has 1 atom stereocenters. The molecule has 2 heterocycles. The Labute approximate surface area is 123 Å². The summed E-state index contributed by atoms with van der Waals surface area (Å²) in [5, 5.41) is 3.55. The first-order valence-electron chi connectivity index (χ1n) is 5.49. The average Bonchev–Trinajstić information content (AvgIpc) is 2.78. The van der Waals surface area contributed by atoms with Crippen LogP contribution in [0.1, 0.15) is 25.1 Å². The zero-order valence-electron chi connectivity index (χ0n) is 10.3. The van der Waals surface area contributed by atoms with Crippen LogP contribution in [0.5, 0.6) is 0 Å². The smallest absolute Gasteiger partial charge is 0.326 e. The lowest BCUT2D eigenvalue weighted by Gasteiger charge is -2.02. The molecule has 4 nitrogen and oxygen atoms in total. The van der Waals surface area contributed by atoms with Crippen LogP contribution in [-0.2, 0) is 12.7 Å². The number of aromatic nitrogens is 3. The fraction of sp³-hybridized carbons (Fsp3) is 0.400. The Kier molecular flexibility index (Phi) is 5.94. The van der Waals surface area contributed by atoms with E-state index in [1.54, 1.807) is 0 Å². The van der Waals surface area contributed by atoms with Crippen LogP contribution in [0.3, 0.4) is 0 Å². The Morgan fingerprint density at radius 2 is 2.05 bits per heavy atom. The molecule has 0 aliphatic carbocycles. The highest BCUT2D eigenvalue weighted by Gasteiger charge is 2.37. The second kappa shape index (κ2) is 6.81. The SMILES string of the molecule is CC.NCc1cnc2c(c1)c(C(F)(F)F)nn2PI. The topological polar surface area (TPSA) is 56.7 Å². The second-order valence-corrected chi connectivity index (χ2v) is 5.30. The van der Waals surface area contributed by atoms with Crippen molar-refractivity contribution in [2.24, 2.45) is 5.73 Å². The molecule has 1 unspecified atom stereocenters. The minimum atomic E-state index is -4.48. The maximum atomic E-state index is 12.8. The highest BCUT2D eigenvalue weighted by molar-refractivity contribution is 14.2. The average molecular weight is 404 g/mol. The molecule has 0 saturated carbocycles. The van der Waals surface area contributed by atoms with Gasteiger partial charge >= 0.3 is 6.18 Å². The summed E-state index contributed by atoms with van der Waals surface area (Å²) in [5.41, 5.74) is 5.28. The monoisotopic (exact) mass is 404 g/mol. The summed E-state index contributed by atoms with van der Waals surface area (Å²) in [6, 6.07) is 1.39. The number of nitrogens with zero attached hydrogens (tertiary/aromatic N) is 3. The number of fused-ring (bicyclic) bond motifs is 1. The molecule has 2 aromatic heterocycles. The van der Waals surface area contributed by atoms with Gasteiger partial charge in [0.2, 0.25) is 0 Å². The van der Waals surface area contributed by atoms with Gasteiger partial charge in [-0.05, 0) is 33.7 Å². The van der Waals surface area contributed by atoms with E-state index in [0.717, 1.165) is 0 Å². The Balaban J connectivity index is 0.000000861. The quantitative estimate of drug-likeness (QED) is 0.613. The third kappa shape index (κ3) is 3.55. The Bertz CT molecular complexity index is 555. The van der Waals surface area contributed by atoms with E-state index in [1.807, 2.05) is 35.9 Å². The van der Waals surface area contributed by atoms with E-state index in [4.69, 9.17) is 5.73 Å². The Hall–Kier alpha value is -0.470. The van der Waals surface area contributed by atoms with E-state index >= 15 is 0 Å². The van der Waals surface area contributed by atoms with Gasteiger partial charge in [0, 0.05) is 12.7 Å². The van der Waals surface area contributed by atoms with Crippen molar-refractivity contribution in [2.75, 3.05) is 0 Å². The highest BCUT2D eigenvalue weighted by atomic mass is 127. The van der Waals surface area contributed by atoms with E-state index in [9.17, 15) is 13.2 Å². The molecule has 2 rings (SSSR count). The van der Waals surface area contributed by atoms with Crippen molar-refractivity contribution in [3.05, 3.63) is 23.5 Å². The molecular formula is C10H13F3IN4P. The zero-order chi connectivity index (χ0) is 14.6. The molecule has 0 aliphatic rings. The van der Waals surface area contributed by atoms with Gasteiger partial charge in [-0.2, -0.15) is 18.3 Å². The molecule has 0 saturated heterocycles. The molecule has 2 N–H and O–H groups in total. The molecule has 0 aromatic carbocycles. The fourth-order valence-electron chi connectivity index (χ4n) is 1.43. The van der Waals surface area contributed by atoms with Gasteiger partial charge in [-0.1, -0.05) is 13.8 Å². The van der Waals surface area contributed by atoms with Crippen LogP contribution in [0.25, 0.3) is 11.0 Å². The summed E-state index contributed by atoms with van der Waals surface area (Å²) in [7, 11) is 0. The lowest BCUT2D eigenvalue weighted by molar-refractivity contribution is -0.140. The van der Waals surface area contributed by atoms with Crippen LogP contribution < -0.4 is 5.73 Å². The number of alkyl halides is 3. The first-order valence-corrected chi connectivity index (χ1v) is 9.55. The van der Waals surface area contributed by atoms with Crippen molar-refractivity contribution in [3.63, 3.8) is 0 Å². The van der Waals surface area contributed by atoms with Crippen LogP contribution in [0.15, 0.2) is 12.3 Å². The number of rotatable bonds is 2. The van der Waals surface area contributed by atoms with Crippen LogP contribution in [-0.4, -0.2) is 14.5 Å². The van der Waals surface area contributed by atoms with Crippen LogP contribution in [0, 0.1) is 0 Å². The van der Waals surface area contributed by atoms with Crippen molar-refractivity contribution in [1.29, 1.82) is 0 Å². The van der Waals surface area contributed by atoms with Crippen molar-refractivity contribution >= 4 is 39.4 Å². The minimum Gasteiger partial charge on any atom is -0.326 e. The summed E-state index contributed by atoms with van der Waals surface area (Å²) in [5.74, 6) is 0. The third-order valence-corrected chi connectivity index (χ3v) is 4.01. The van der Waals surface area contributed by atoms with Crippen molar-refractivity contribution in [3.8, 4) is 0 Å². The van der Waals surface area contributed by atoms with E-state index in [2.05, 4.69) is 10.1 Å². The maximum absolute atomic E-state index is 12.8. The van der Waals surface area contributed by atoms with E-state index in [1.165, 1.54) is 16.7 Å². The fourth-order valence-corrected chi connectivity index (χ4v) is 2.83. The molecular weight excluding hydrogens is 391 g/mol. The number of hydrogen-bond acceptors (Lipinski definition) is 3. The summed E-state index contributed by atoms with van der Waals surface area (Å²) in [6.45, 7) is 4.15. The number of pyridine rings is 1. The normalized spacial score (nSPS) is 11.9. The molecule has 2 aromatic rings. The lowest BCUT2D eigenvalue weighted by atomic mass is 10.2. The van der Waals surface area contributed by atoms with Gasteiger partial charge in [0.15, 0.2) is 11.3 Å². The summed E-state index contributed by atoms with van der Waals surface area (Å²) >= 11 is 1.96. The lowest BCUT2D eigenvalue weighted by Crippen LogP contribution is -2.06. The van der Waals surface area contributed by atoms with Gasteiger partial charge in [0.25, 0.3) is 0 Å². The van der Waals surface area contributed by atoms with Crippen LogP contribution in [0.2, 0.25) is 0 Å². The standard InChI is InChI=1S/C8H7F3IN4P.C2H6/c9-8(10,11)6-5-1-4(2-13)3-14-7(5)16(15-6)17-12;1-2/h1,3,17H,2,13H2;1-2H3. The summed E-state index contributed by atoms with van der Waals surface area (Å²) in [6.07, 6.45) is -2.94. The third-order valence-electron chi connectivity index (χ3n) is 2.16. The molecule has 0 bridgehead atoms. The van der Waals surface area contributed by atoms with Crippen LogP contribution >= 0.6 is 28.4 Å². The van der Waals surface area contributed by atoms with E-state index < -0.39 is 11.9 Å². The summed E-state index contributed by atoms with van der Waals surface area (Å²) in [4.78, 5) is 3.98. The first-order chi connectivity index (χ1) is 8.97. The zero-order valence-corrected chi connectivity index (χ0v) is 13.5. The predicted molar refractivity (Wildman–Crippen MR) is 79.5 cm³/mol. The number of nitrogens with two attached hydrogens (primary N) is 1. The van der Waals surface area contributed by atoms with Gasteiger partial charge < -0.3 is 5.73 Å². The van der Waals surface area contributed by atoms with Gasteiger partial charge in [-0.25, -0.2) is 9.44 Å². The van der Waals surface area contributed by atoms with Crippen molar-refractivity contribution in [2.45, 2.75) is 26.6 Å². The second-order valence-electron chi connectivity index (χ2n) is 3.26. The van der Waals surface area contributed by atoms with Crippen molar-refractivity contribution < 1.29 is 13.2 Å². The predicted octanol–water partition coefficient (Wildman–Crippen LogP) is 3.73. The van der Waals surface area contributed by atoms with Crippen LogP contribution in [0.4, 0.5) is 13.2 Å². The van der Waals surface area contributed by atoms with Gasteiger partial charge in [-0.3, -0.25) is 0 Å². The minimum absolute atomic E-state index is 0.00427. The molecule has 0 aliphatic heterocycles. The van der Waals surface area contributed by atoms with Crippen molar-refractivity contribution in [1.82, 2.24) is 14.5 Å². The van der Waals surface area contributed by atoms with E-state index in [-0.39, 0.29) is 24.0 Å². The number of hydrogen-bond donors (Lipinski definition) is 1. The van der Waals surface area contributed by atoms with Gasteiger partial charge in [-0.15, -0.1) is 0 Å². The Morgan fingerprint density at radius 3 is 2.53 bits per heavy atom. The first kappa shape index (κ1) is 16.6. The largest absolute Gasteiger partial charge is 0.435 e. The Morgan fingerprint density at radius 1 is 1.42 bits per heavy atom. The van der Waals surface area contributed by atoms with Gasteiger partial charge in [0.1, 0.15) is 0 Å². The molecule has 19 heavy (non-hydrogen) atoms. The maximum Gasteiger partial charge on any atom is 0.435 e. The molecule has 0 radical (unpaired) electrons. The molecule has 106 valence electrons. The molecule has 0 amide bonds. The highest BCUT2D eigenvalue weighted by Crippen LogP contribution is 2.37. The summed E-state index contributed by atoms with van der Waals surface area (Å²) < 4.78 is 39.6. The molecule has 0 spiro atoms. The van der Waals surface area contributed by atoms with E-state index in [0.29, 0.717) is 5.56 Å². The van der Waals surface area contributed by atoms with Gasteiger partial charge in [0.05, 0.1) is 11.8 Å². The number of halogens is 4. The molecule has 9 heteroatoms.